The minimum atomic E-state index is -2.85. The molecule has 6 nitrogen and oxygen atoms in total. The largest absolute Gasteiger partial charge is 0.378 e. The zero-order chi connectivity index (χ0) is 14.8. The predicted octanol–water partition coefficient (Wildman–Crippen LogP) is -0.699. The van der Waals surface area contributed by atoms with Crippen molar-refractivity contribution in [2.75, 3.05) is 46.4 Å². The van der Waals surface area contributed by atoms with E-state index in [4.69, 9.17) is 4.74 Å². The molecule has 20 heavy (non-hydrogen) atoms. The van der Waals surface area contributed by atoms with Crippen LogP contribution in [0.1, 0.15) is 6.42 Å². The number of carbonyl (C=O) groups is 2. The van der Waals surface area contributed by atoms with Gasteiger partial charge in [0.25, 0.3) is 5.92 Å². The molecule has 1 N–H and O–H groups in total. The van der Waals surface area contributed by atoms with Crippen molar-refractivity contribution in [3.05, 3.63) is 0 Å². The Morgan fingerprint density at radius 2 is 2.05 bits per heavy atom. The van der Waals surface area contributed by atoms with E-state index in [0.29, 0.717) is 26.3 Å². The molecule has 2 aliphatic rings. The van der Waals surface area contributed by atoms with Crippen LogP contribution in [0.5, 0.6) is 0 Å². The van der Waals surface area contributed by atoms with Crippen LogP contribution in [0, 0.1) is 0 Å². The number of halogens is 2. The highest BCUT2D eigenvalue weighted by Crippen LogP contribution is 2.25. The lowest BCUT2D eigenvalue weighted by atomic mass is 10.1. The number of morpholine rings is 1. The minimum absolute atomic E-state index is 0.0947. The van der Waals surface area contributed by atoms with Gasteiger partial charge in [0, 0.05) is 26.6 Å². The molecule has 2 heterocycles. The Hall–Kier alpha value is -1.28. The number of carbonyl (C=O) groups excluding carboxylic acids is 2. The molecule has 0 spiro atoms. The van der Waals surface area contributed by atoms with Gasteiger partial charge in [-0.15, -0.1) is 0 Å². The number of rotatable bonds is 3. The molecule has 1 atom stereocenters. The van der Waals surface area contributed by atoms with Gasteiger partial charge < -0.3 is 14.5 Å². The summed E-state index contributed by atoms with van der Waals surface area (Å²) in [5.74, 6) is -3.51. The van der Waals surface area contributed by atoms with Crippen LogP contribution >= 0.6 is 0 Å². The Morgan fingerprint density at radius 1 is 1.40 bits per heavy atom. The first-order valence-corrected chi connectivity index (χ1v) is 6.61. The van der Waals surface area contributed by atoms with Gasteiger partial charge in [-0.1, -0.05) is 0 Å². The first kappa shape index (κ1) is 15.1. The highest BCUT2D eigenvalue weighted by atomic mass is 19.3. The molecule has 8 heteroatoms. The summed E-state index contributed by atoms with van der Waals surface area (Å²) in [6, 6.07) is -0.910. The fourth-order valence-electron chi connectivity index (χ4n) is 2.35. The summed E-state index contributed by atoms with van der Waals surface area (Å²) >= 11 is 0. The van der Waals surface area contributed by atoms with Crippen molar-refractivity contribution in [3.8, 4) is 0 Å². The lowest BCUT2D eigenvalue weighted by Gasteiger charge is -2.29. The highest BCUT2D eigenvalue weighted by Gasteiger charge is 2.43. The molecule has 0 aromatic rings. The summed E-state index contributed by atoms with van der Waals surface area (Å²) in [5, 5.41) is 2.49. The van der Waals surface area contributed by atoms with E-state index < -0.39 is 30.8 Å². The van der Waals surface area contributed by atoms with E-state index in [1.54, 1.807) is 4.90 Å². The van der Waals surface area contributed by atoms with Gasteiger partial charge in [0.1, 0.15) is 0 Å². The maximum Gasteiger partial charge on any atom is 0.262 e. The van der Waals surface area contributed by atoms with Crippen LogP contribution in [0.4, 0.5) is 8.78 Å². The number of ether oxygens (including phenoxy) is 1. The van der Waals surface area contributed by atoms with Crippen molar-refractivity contribution in [3.63, 3.8) is 0 Å². The topological polar surface area (TPSA) is 61.9 Å². The third kappa shape index (κ3) is 3.63. The minimum Gasteiger partial charge on any atom is -0.378 e. The molecule has 0 bridgehead atoms. The molecule has 0 saturated carbocycles. The van der Waals surface area contributed by atoms with E-state index in [9.17, 15) is 18.4 Å². The van der Waals surface area contributed by atoms with Crippen LogP contribution in [0.15, 0.2) is 0 Å². The molecular formula is C12H19F2N3O3. The van der Waals surface area contributed by atoms with Gasteiger partial charge in [-0.05, 0) is 0 Å². The van der Waals surface area contributed by atoms with E-state index >= 15 is 0 Å². The lowest BCUT2D eigenvalue weighted by molar-refractivity contribution is -0.142. The molecule has 0 aliphatic carbocycles. The zero-order valence-corrected chi connectivity index (χ0v) is 11.4. The fourth-order valence-corrected chi connectivity index (χ4v) is 2.35. The summed E-state index contributed by atoms with van der Waals surface area (Å²) in [7, 11) is 1.46. The third-order valence-corrected chi connectivity index (χ3v) is 3.52. The highest BCUT2D eigenvalue weighted by molar-refractivity contribution is 5.87. The van der Waals surface area contributed by atoms with Crippen LogP contribution in [-0.2, 0) is 14.3 Å². The summed E-state index contributed by atoms with van der Waals surface area (Å²) in [5.41, 5.74) is 0. The Balaban J connectivity index is 1.83. The van der Waals surface area contributed by atoms with Crippen molar-refractivity contribution in [1.29, 1.82) is 0 Å². The first-order valence-electron chi connectivity index (χ1n) is 6.61. The molecule has 1 unspecified atom stereocenters. The SMILES string of the molecule is CN(CC(=O)N1CCOCC1)C(=O)C1CC(F)(F)CN1. The van der Waals surface area contributed by atoms with Crippen molar-refractivity contribution in [2.24, 2.45) is 0 Å². The molecule has 0 aromatic heterocycles. The van der Waals surface area contributed by atoms with Crippen LogP contribution in [-0.4, -0.2) is 80.0 Å². The Labute approximate surface area is 116 Å². The fraction of sp³-hybridized carbons (Fsp3) is 0.833. The van der Waals surface area contributed by atoms with Crippen molar-refractivity contribution in [1.82, 2.24) is 15.1 Å². The van der Waals surface area contributed by atoms with Gasteiger partial charge in [0.05, 0.1) is 32.3 Å². The summed E-state index contributed by atoms with van der Waals surface area (Å²) in [6.07, 6.45) is -0.512. The van der Waals surface area contributed by atoms with Gasteiger partial charge in [0.2, 0.25) is 11.8 Å². The average Bonchev–Trinajstić information content (AvgIpc) is 2.79. The average molecular weight is 291 g/mol. The summed E-state index contributed by atoms with van der Waals surface area (Å²) in [6.45, 7) is 1.39. The molecule has 2 rings (SSSR count). The van der Waals surface area contributed by atoms with Crippen LogP contribution in [0.2, 0.25) is 0 Å². The number of nitrogens with one attached hydrogen (secondary N) is 1. The van der Waals surface area contributed by atoms with Crippen LogP contribution < -0.4 is 5.32 Å². The number of hydrogen-bond donors (Lipinski definition) is 1. The summed E-state index contributed by atoms with van der Waals surface area (Å²) < 4.78 is 31.2. The first-order chi connectivity index (χ1) is 9.39. The number of hydrogen-bond acceptors (Lipinski definition) is 4. The maximum absolute atomic E-state index is 13.0. The number of alkyl halides is 2. The lowest BCUT2D eigenvalue weighted by Crippen LogP contribution is -2.49. The number of likely N-dealkylation sites (N-methyl/N-ethyl adjacent to an activating group) is 1. The molecule has 2 saturated heterocycles. The standard InChI is InChI=1S/C12H19F2N3O3/c1-16(7-10(18)17-2-4-20-5-3-17)11(19)9-6-12(13,14)8-15-9/h9,15H,2-8H2,1H3. The number of nitrogens with zero attached hydrogens (tertiary/aromatic N) is 2. The Bertz CT molecular complexity index is 386. The molecular weight excluding hydrogens is 272 g/mol. The quantitative estimate of drug-likeness (QED) is 0.747. The van der Waals surface area contributed by atoms with E-state index in [-0.39, 0.29) is 12.5 Å². The van der Waals surface area contributed by atoms with Crippen LogP contribution in [0.25, 0.3) is 0 Å². The van der Waals surface area contributed by atoms with Gasteiger partial charge in [-0.25, -0.2) is 8.78 Å². The van der Waals surface area contributed by atoms with Gasteiger partial charge in [-0.2, -0.15) is 0 Å². The van der Waals surface area contributed by atoms with E-state index in [1.165, 1.54) is 11.9 Å². The predicted molar refractivity (Wildman–Crippen MR) is 66.4 cm³/mol. The maximum atomic E-state index is 13.0. The van der Waals surface area contributed by atoms with E-state index in [1.807, 2.05) is 0 Å². The molecule has 0 aromatic carbocycles. The second-order valence-electron chi connectivity index (χ2n) is 5.18. The molecule has 0 radical (unpaired) electrons. The molecule has 2 aliphatic heterocycles. The molecule has 114 valence electrons. The third-order valence-electron chi connectivity index (χ3n) is 3.52. The van der Waals surface area contributed by atoms with E-state index in [2.05, 4.69) is 5.32 Å². The number of amides is 2. The molecule has 2 amide bonds. The van der Waals surface area contributed by atoms with Crippen molar-refractivity contribution >= 4 is 11.8 Å². The van der Waals surface area contributed by atoms with Gasteiger partial charge >= 0.3 is 0 Å². The second-order valence-corrected chi connectivity index (χ2v) is 5.18. The zero-order valence-electron chi connectivity index (χ0n) is 11.4. The van der Waals surface area contributed by atoms with Crippen molar-refractivity contribution < 1.29 is 23.1 Å². The monoisotopic (exact) mass is 291 g/mol. The van der Waals surface area contributed by atoms with E-state index in [0.717, 1.165) is 0 Å². The summed E-state index contributed by atoms with van der Waals surface area (Å²) in [4.78, 5) is 26.8. The normalized spacial score (nSPS) is 25.6. The Morgan fingerprint density at radius 3 is 2.60 bits per heavy atom. The van der Waals surface area contributed by atoms with Crippen LogP contribution in [0.3, 0.4) is 0 Å². The Kier molecular flexibility index (Phi) is 4.54. The second kappa shape index (κ2) is 6.01. The smallest absolute Gasteiger partial charge is 0.262 e. The van der Waals surface area contributed by atoms with Gasteiger partial charge in [-0.3, -0.25) is 14.9 Å². The van der Waals surface area contributed by atoms with Crippen molar-refractivity contribution in [2.45, 2.75) is 18.4 Å². The van der Waals surface area contributed by atoms with Gasteiger partial charge in [0.15, 0.2) is 0 Å². The molecule has 2 fully saturated rings.